The summed E-state index contributed by atoms with van der Waals surface area (Å²) in [6, 6.07) is 0. The monoisotopic (exact) mass is 300 g/mol. The Labute approximate surface area is 91.0 Å². The fourth-order valence-electron chi connectivity index (χ4n) is 2.06. The van der Waals surface area contributed by atoms with Gasteiger partial charge in [-0.25, -0.2) is 0 Å². The molecule has 76 valence electrons. The summed E-state index contributed by atoms with van der Waals surface area (Å²) in [6.45, 7) is 1.10. The van der Waals surface area contributed by atoms with Gasteiger partial charge in [-0.15, -0.1) is 0 Å². The molecule has 4 unspecified atom stereocenters. The number of rotatable bonds is 3. The van der Waals surface area contributed by atoms with Crippen LogP contribution < -0.4 is 0 Å². The molecule has 5 heteroatoms. The van der Waals surface area contributed by atoms with Crippen LogP contribution in [0.3, 0.4) is 0 Å². The average molecular weight is 300 g/mol. The molecule has 2 aliphatic heterocycles. The van der Waals surface area contributed by atoms with E-state index in [1.54, 1.807) is 14.2 Å². The number of hydrogen-bond donors (Lipinski definition) is 0. The number of methoxy groups -OCH3 is 2. The third-order valence-corrected chi connectivity index (χ3v) is 3.55. The van der Waals surface area contributed by atoms with Crippen molar-refractivity contribution in [3.8, 4) is 0 Å². The number of hydrogen-bond acceptors (Lipinski definition) is 4. The minimum Gasteiger partial charge on any atom is -0.381 e. The van der Waals surface area contributed by atoms with E-state index in [1.165, 1.54) is 0 Å². The van der Waals surface area contributed by atoms with Crippen LogP contribution in [0.2, 0.25) is 0 Å². The SMILES string of the molecule is COCC12COC(C(I)O1)C2OC. The lowest BCUT2D eigenvalue weighted by atomic mass is 10.0. The summed E-state index contributed by atoms with van der Waals surface area (Å²) in [5, 5.41) is 0. The Morgan fingerprint density at radius 3 is 2.85 bits per heavy atom. The summed E-state index contributed by atoms with van der Waals surface area (Å²) in [6.07, 6.45) is 0.0649. The second-order valence-electron chi connectivity index (χ2n) is 3.40. The molecule has 13 heavy (non-hydrogen) atoms. The zero-order valence-electron chi connectivity index (χ0n) is 7.66. The van der Waals surface area contributed by atoms with Crippen LogP contribution in [0.5, 0.6) is 0 Å². The third-order valence-electron chi connectivity index (χ3n) is 2.59. The smallest absolute Gasteiger partial charge is 0.145 e. The molecule has 0 amide bonds. The van der Waals surface area contributed by atoms with Crippen LogP contribution in [0, 0.1) is 0 Å². The van der Waals surface area contributed by atoms with Crippen molar-refractivity contribution in [1.82, 2.24) is 0 Å². The van der Waals surface area contributed by atoms with Crippen molar-refractivity contribution < 1.29 is 18.9 Å². The average Bonchev–Trinajstić information content (AvgIpc) is 2.55. The summed E-state index contributed by atoms with van der Waals surface area (Å²) < 4.78 is 22.0. The summed E-state index contributed by atoms with van der Waals surface area (Å²) in [5.74, 6) is 0. The molecule has 0 saturated carbocycles. The molecule has 0 aromatic rings. The van der Waals surface area contributed by atoms with Crippen LogP contribution in [0.1, 0.15) is 0 Å². The first-order valence-electron chi connectivity index (χ1n) is 4.19. The predicted molar refractivity (Wildman–Crippen MR) is 54.0 cm³/mol. The molecular formula is C8H13IO4. The Balaban J connectivity index is 2.17. The third kappa shape index (κ3) is 1.41. The van der Waals surface area contributed by atoms with Gasteiger partial charge in [0.2, 0.25) is 0 Å². The Morgan fingerprint density at radius 1 is 1.54 bits per heavy atom. The molecule has 2 heterocycles. The van der Waals surface area contributed by atoms with E-state index in [0.717, 1.165) is 0 Å². The van der Waals surface area contributed by atoms with Gasteiger partial charge in [0, 0.05) is 14.2 Å². The highest BCUT2D eigenvalue weighted by atomic mass is 127. The van der Waals surface area contributed by atoms with E-state index in [9.17, 15) is 0 Å². The molecule has 0 aliphatic carbocycles. The van der Waals surface area contributed by atoms with Crippen LogP contribution >= 0.6 is 22.6 Å². The molecule has 2 fully saturated rings. The van der Waals surface area contributed by atoms with E-state index in [1.807, 2.05) is 0 Å². The van der Waals surface area contributed by atoms with E-state index in [0.29, 0.717) is 13.2 Å². The molecule has 2 rings (SSSR count). The highest BCUT2D eigenvalue weighted by Crippen LogP contribution is 2.43. The van der Waals surface area contributed by atoms with Crippen molar-refractivity contribution in [3.63, 3.8) is 0 Å². The van der Waals surface area contributed by atoms with Crippen molar-refractivity contribution in [3.05, 3.63) is 0 Å². The second-order valence-corrected chi connectivity index (χ2v) is 4.63. The number of halogens is 1. The van der Waals surface area contributed by atoms with E-state index in [4.69, 9.17) is 18.9 Å². The summed E-state index contributed by atoms with van der Waals surface area (Å²) in [7, 11) is 3.35. The van der Waals surface area contributed by atoms with E-state index >= 15 is 0 Å². The number of alkyl halides is 1. The van der Waals surface area contributed by atoms with Crippen molar-refractivity contribution >= 4 is 22.6 Å². The van der Waals surface area contributed by atoms with Gasteiger partial charge in [-0.3, -0.25) is 0 Å². The summed E-state index contributed by atoms with van der Waals surface area (Å²) >= 11 is 2.23. The molecule has 2 saturated heterocycles. The maximum absolute atomic E-state index is 5.80. The topological polar surface area (TPSA) is 36.9 Å². The van der Waals surface area contributed by atoms with Crippen LogP contribution in [0.15, 0.2) is 0 Å². The molecular weight excluding hydrogens is 287 g/mol. The normalized spacial score (nSPS) is 48.7. The Hall–Kier alpha value is 0.570. The first-order valence-corrected chi connectivity index (χ1v) is 5.43. The molecule has 0 radical (unpaired) electrons. The highest BCUT2D eigenvalue weighted by molar-refractivity contribution is 14.1. The molecule has 0 N–H and O–H groups in total. The van der Waals surface area contributed by atoms with Crippen LogP contribution in [-0.2, 0) is 18.9 Å². The van der Waals surface area contributed by atoms with Crippen molar-refractivity contribution in [2.24, 2.45) is 0 Å². The maximum atomic E-state index is 5.80. The number of ether oxygens (including phenoxy) is 4. The molecule has 4 nitrogen and oxygen atoms in total. The number of fused-ring (bicyclic) bond motifs is 2. The molecule has 0 aromatic heterocycles. The van der Waals surface area contributed by atoms with Gasteiger partial charge < -0.3 is 18.9 Å². The zero-order valence-corrected chi connectivity index (χ0v) is 9.81. The van der Waals surface area contributed by atoms with Gasteiger partial charge in [0.1, 0.15) is 21.9 Å². The minimum atomic E-state index is -0.375. The van der Waals surface area contributed by atoms with E-state index < -0.39 is 0 Å². The first-order chi connectivity index (χ1) is 6.23. The second kappa shape index (κ2) is 3.62. The van der Waals surface area contributed by atoms with Crippen molar-refractivity contribution in [2.75, 3.05) is 27.4 Å². The van der Waals surface area contributed by atoms with E-state index in [-0.39, 0.29) is 21.9 Å². The molecule has 4 atom stereocenters. The zero-order chi connectivity index (χ0) is 9.47. The lowest BCUT2D eigenvalue weighted by Gasteiger charge is -2.28. The van der Waals surface area contributed by atoms with Crippen LogP contribution in [-0.4, -0.2) is 49.4 Å². The van der Waals surface area contributed by atoms with Gasteiger partial charge in [-0.1, -0.05) is 0 Å². The molecule has 2 aliphatic rings. The first kappa shape index (κ1) is 10.1. The van der Waals surface area contributed by atoms with Crippen LogP contribution in [0.25, 0.3) is 0 Å². The maximum Gasteiger partial charge on any atom is 0.145 e. The predicted octanol–water partition coefficient (Wildman–Crippen LogP) is 0.577. The fraction of sp³-hybridized carbons (Fsp3) is 1.00. The summed E-state index contributed by atoms with van der Waals surface area (Å²) in [4.78, 5) is 0. The lowest BCUT2D eigenvalue weighted by molar-refractivity contribution is -0.137. The molecule has 2 bridgehead atoms. The summed E-state index contributed by atoms with van der Waals surface area (Å²) in [5.41, 5.74) is -0.375. The highest BCUT2D eigenvalue weighted by Gasteiger charge is 2.61. The van der Waals surface area contributed by atoms with E-state index in [2.05, 4.69) is 22.6 Å². The quantitative estimate of drug-likeness (QED) is 0.564. The van der Waals surface area contributed by atoms with Gasteiger partial charge in [0.05, 0.1) is 13.2 Å². The minimum absolute atomic E-state index is 0.00866. The van der Waals surface area contributed by atoms with Gasteiger partial charge in [-0.05, 0) is 22.6 Å². The van der Waals surface area contributed by atoms with Gasteiger partial charge in [-0.2, -0.15) is 0 Å². The van der Waals surface area contributed by atoms with Crippen molar-refractivity contribution in [1.29, 1.82) is 0 Å². The standard InChI is InChI=1S/C8H13IO4/c1-10-3-8-4-12-5(6(8)11-2)7(9)13-8/h5-7H,3-4H2,1-2H3. The van der Waals surface area contributed by atoms with Gasteiger partial charge >= 0.3 is 0 Å². The largest absolute Gasteiger partial charge is 0.381 e. The van der Waals surface area contributed by atoms with Crippen LogP contribution in [0.4, 0.5) is 0 Å². The van der Waals surface area contributed by atoms with Crippen molar-refractivity contribution in [2.45, 2.75) is 21.9 Å². The van der Waals surface area contributed by atoms with Gasteiger partial charge in [0.15, 0.2) is 0 Å². The molecule has 0 spiro atoms. The van der Waals surface area contributed by atoms with Gasteiger partial charge in [0.25, 0.3) is 0 Å². The Bertz CT molecular complexity index is 201. The molecule has 0 aromatic carbocycles. The Morgan fingerprint density at radius 2 is 2.31 bits per heavy atom. The Kier molecular flexibility index (Phi) is 2.81. The fourth-order valence-corrected chi connectivity index (χ4v) is 3.15. The lowest BCUT2D eigenvalue weighted by Crippen LogP contribution is -2.45.